The first kappa shape index (κ1) is 11.6. The minimum Gasteiger partial charge on any atom is -0.352 e. The lowest BCUT2D eigenvalue weighted by Crippen LogP contribution is -2.25. The first-order valence-corrected chi connectivity index (χ1v) is 4.89. The second-order valence-corrected chi connectivity index (χ2v) is 3.21. The van der Waals surface area contributed by atoms with Crippen molar-refractivity contribution in [1.29, 1.82) is 0 Å². The van der Waals surface area contributed by atoms with Crippen LogP contribution in [0, 0.1) is 11.6 Å². The summed E-state index contributed by atoms with van der Waals surface area (Å²) in [7, 11) is 0. The fraction of sp³-hybridized carbons (Fsp3) is 0.364. The van der Waals surface area contributed by atoms with Gasteiger partial charge in [-0.05, 0) is 18.6 Å². The van der Waals surface area contributed by atoms with E-state index in [9.17, 15) is 13.6 Å². The second kappa shape index (κ2) is 5.44. The van der Waals surface area contributed by atoms with E-state index in [0.717, 1.165) is 18.9 Å². The average molecular weight is 213 g/mol. The van der Waals surface area contributed by atoms with E-state index in [2.05, 4.69) is 5.32 Å². The minimum absolute atomic E-state index is 0.244. The summed E-state index contributed by atoms with van der Waals surface area (Å²) in [5.74, 6) is -2.66. The van der Waals surface area contributed by atoms with E-state index in [-0.39, 0.29) is 5.56 Å². The van der Waals surface area contributed by atoms with E-state index in [1.54, 1.807) is 0 Å². The van der Waals surface area contributed by atoms with Crippen molar-refractivity contribution in [2.75, 3.05) is 6.54 Å². The molecule has 0 atom stereocenters. The van der Waals surface area contributed by atoms with Crippen molar-refractivity contribution in [3.8, 4) is 0 Å². The molecule has 4 heteroatoms. The number of unbranched alkanes of at least 4 members (excludes halogenated alkanes) is 1. The molecule has 2 nitrogen and oxygen atoms in total. The highest BCUT2D eigenvalue weighted by atomic mass is 19.2. The molecule has 15 heavy (non-hydrogen) atoms. The van der Waals surface area contributed by atoms with Crippen molar-refractivity contribution in [3.63, 3.8) is 0 Å². The Hall–Kier alpha value is -1.45. The van der Waals surface area contributed by atoms with Crippen LogP contribution in [0.15, 0.2) is 18.2 Å². The Labute approximate surface area is 87.3 Å². The molecule has 0 aliphatic heterocycles. The molecule has 0 heterocycles. The zero-order valence-electron chi connectivity index (χ0n) is 8.52. The molecule has 1 amide bonds. The van der Waals surface area contributed by atoms with E-state index in [1.165, 1.54) is 12.1 Å². The van der Waals surface area contributed by atoms with Gasteiger partial charge in [0.2, 0.25) is 0 Å². The Morgan fingerprint density at radius 2 is 2.13 bits per heavy atom. The van der Waals surface area contributed by atoms with Crippen molar-refractivity contribution in [1.82, 2.24) is 5.32 Å². The van der Waals surface area contributed by atoms with Crippen molar-refractivity contribution in [3.05, 3.63) is 35.4 Å². The van der Waals surface area contributed by atoms with Gasteiger partial charge in [0.05, 0.1) is 5.56 Å². The standard InChI is InChI=1S/C11H13F2NO/c1-2-3-7-14-11(15)8-5-4-6-9(12)10(8)13/h4-6H,2-3,7H2,1H3,(H,14,15). The molecular weight excluding hydrogens is 200 g/mol. The predicted molar refractivity (Wildman–Crippen MR) is 53.6 cm³/mol. The van der Waals surface area contributed by atoms with E-state index < -0.39 is 17.5 Å². The molecule has 1 aromatic rings. The fourth-order valence-corrected chi connectivity index (χ4v) is 1.15. The molecule has 0 fully saturated rings. The number of carbonyl (C=O) groups is 1. The monoisotopic (exact) mass is 213 g/mol. The summed E-state index contributed by atoms with van der Waals surface area (Å²) in [6.45, 7) is 2.46. The highest BCUT2D eigenvalue weighted by Gasteiger charge is 2.13. The molecule has 0 bridgehead atoms. The lowest BCUT2D eigenvalue weighted by molar-refractivity contribution is 0.0948. The van der Waals surface area contributed by atoms with E-state index in [0.29, 0.717) is 6.54 Å². The van der Waals surface area contributed by atoms with Crippen LogP contribution >= 0.6 is 0 Å². The Morgan fingerprint density at radius 1 is 1.40 bits per heavy atom. The maximum Gasteiger partial charge on any atom is 0.254 e. The molecule has 0 aromatic heterocycles. The third-order valence-electron chi connectivity index (χ3n) is 2.01. The van der Waals surface area contributed by atoms with Gasteiger partial charge in [-0.3, -0.25) is 4.79 Å². The number of halogens is 2. The zero-order valence-corrected chi connectivity index (χ0v) is 8.52. The Morgan fingerprint density at radius 3 is 2.80 bits per heavy atom. The topological polar surface area (TPSA) is 29.1 Å². The molecule has 0 spiro atoms. The van der Waals surface area contributed by atoms with Crippen LogP contribution in [0.2, 0.25) is 0 Å². The number of carbonyl (C=O) groups excluding carboxylic acids is 1. The van der Waals surface area contributed by atoms with Crippen LogP contribution in [0.5, 0.6) is 0 Å². The summed E-state index contributed by atoms with van der Waals surface area (Å²) in [5, 5.41) is 2.52. The molecule has 0 saturated carbocycles. The molecular formula is C11H13F2NO. The zero-order chi connectivity index (χ0) is 11.3. The summed E-state index contributed by atoms with van der Waals surface area (Å²) < 4.78 is 25.9. The van der Waals surface area contributed by atoms with Gasteiger partial charge >= 0.3 is 0 Å². The van der Waals surface area contributed by atoms with Crippen molar-refractivity contribution < 1.29 is 13.6 Å². The van der Waals surface area contributed by atoms with Gasteiger partial charge in [0, 0.05) is 6.54 Å². The Kier molecular flexibility index (Phi) is 4.21. The summed E-state index contributed by atoms with van der Waals surface area (Å²) in [4.78, 5) is 11.4. The van der Waals surface area contributed by atoms with Crippen molar-refractivity contribution >= 4 is 5.91 Å². The van der Waals surface area contributed by atoms with Crippen LogP contribution in [-0.4, -0.2) is 12.5 Å². The van der Waals surface area contributed by atoms with Gasteiger partial charge in [0.1, 0.15) is 0 Å². The third-order valence-corrected chi connectivity index (χ3v) is 2.01. The molecule has 1 rings (SSSR count). The Bertz CT molecular complexity index is 352. The first-order chi connectivity index (χ1) is 7.16. The quantitative estimate of drug-likeness (QED) is 0.765. The van der Waals surface area contributed by atoms with Gasteiger partial charge in [-0.1, -0.05) is 19.4 Å². The Balaban J connectivity index is 2.69. The lowest BCUT2D eigenvalue weighted by atomic mass is 10.2. The maximum atomic E-state index is 13.1. The van der Waals surface area contributed by atoms with E-state index in [1.807, 2.05) is 6.92 Å². The van der Waals surface area contributed by atoms with Crippen molar-refractivity contribution in [2.24, 2.45) is 0 Å². The van der Waals surface area contributed by atoms with E-state index >= 15 is 0 Å². The number of rotatable bonds is 4. The smallest absolute Gasteiger partial charge is 0.254 e. The fourth-order valence-electron chi connectivity index (χ4n) is 1.15. The molecule has 82 valence electrons. The maximum absolute atomic E-state index is 13.1. The average Bonchev–Trinajstić information content (AvgIpc) is 2.22. The molecule has 0 aliphatic carbocycles. The van der Waals surface area contributed by atoms with Gasteiger partial charge in [0.15, 0.2) is 11.6 Å². The minimum atomic E-state index is -1.09. The highest BCUT2D eigenvalue weighted by Crippen LogP contribution is 2.10. The summed E-state index contributed by atoms with van der Waals surface area (Å²) in [5.41, 5.74) is -0.244. The van der Waals surface area contributed by atoms with Gasteiger partial charge in [-0.15, -0.1) is 0 Å². The van der Waals surface area contributed by atoms with Crippen LogP contribution in [-0.2, 0) is 0 Å². The normalized spacial score (nSPS) is 10.1. The molecule has 0 saturated heterocycles. The second-order valence-electron chi connectivity index (χ2n) is 3.21. The molecule has 1 aromatic carbocycles. The SMILES string of the molecule is CCCCNC(=O)c1cccc(F)c1F. The van der Waals surface area contributed by atoms with Gasteiger partial charge in [0.25, 0.3) is 5.91 Å². The van der Waals surface area contributed by atoms with Gasteiger partial charge in [-0.25, -0.2) is 8.78 Å². The lowest BCUT2D eigenvalue weighted by Gasteiger charge is -2.05. The summed E-state index contributed by atoms with van der Waals surface area (Å²) in [6, 6.07) is 3.56. The van der Waals surface area contributed by atoms with Crippen LogP contribution in [0.4, 0.5) is 8.78 Å². The third kappa shape index (κ3) is 3.01. The van der Waals surface area contributed by atoms with Crippen LogP contribution in [0.1, 0.15) is 30.1 Å². The van der Waals surface area contributed by atoms with Crippen LogP contribution in [0.3, 0.4) is 0 Å². The van der Waals surface area contributed by atoms with E-state index in [4.69, 9.17) is 0 Å². The number of hydrogen-bond acceptors (Lipinski definition) is 1. The largest absolute Gasteiger partial charge is 0.352 e. The number of amides is 1. The summed E-state index contributed by atoms with van der Waals surface area (Å²) >= 11 is 0. The van der Waals surface area contributed by atoms with Crippen LogP contribution < -0.4 is 5.32 Å². The number of benzene rings is 1. The van der Waals surface area contributed by atoms with Crippen LogP contribution in [0.25, 0.3) is 0 Å². The molecule has 0 aliphatic rings. The summed E-state index contributed by atoms with van der Waals surface area (Å²) in [6.07, 6.45) is 1.76. The first-order valence-electron chi connectivity index (χ1n) is 4.89. The predicted octanol–water partition coefficient (Wildman–Crippen LogP) is 2.49. The highest BCUT2D eigenvalue weighted by molar-refractivity contribution is 5.94. The molecule has 1 N–H and O–H groups in total. The molecule has 0 radical (unpaired) electrons. The number of hydrogen-bond donors (Lipinski definition) is 1. The van der Waals surface area contributed by atoms with Crippen molar-refractivity contribution in [2.45, 2.75) is 19.8 Å². The number of nitrogens with one attached hydrogen (secondary N) is 1. The van der Waals surface area contributed by atoms with Gasteiger partial charge in [-0.2, -0.15) is 0 Å². The van der Waals surface area contributed by atoms with Gasteiger partial charge < -0.3 is 5.32 Å². The molecule has 0 unspecified atom stereocenters.